The standard InChI is InChI=1S/C26H55N/c1-7-12-15-17-19-24(6)27(22-25(11-5)20-14-9-3)23-26(18-10-4)21-16-13-8-2/h24-26H,7-23H2,1-6H3. The Morgan fingerprint density at radius 1 is 0.519 bits per heavy atom. The zero-order chi connectivity index (χ0) is 20.3. The number of nitrogens with zero attached hydrogens (tertiary/aromatic N) is 1. The normalized spacial score (nSPS) is 15.2. The van der Waals surface area contributed by atoms with Gasteiger partial charge < -0.3 is 4.90 Å². The first-order valence-electron chi connectivity index (χ1n) is 12.9. The minimum Gasteiger partial charge on any atom is -0.300 e. The van der Waals surface area contributed by atoms with Crippen molar-refractivity contribution in [2.24, 2.45) is 11.8 Å². The molecule has 164 valence electrons. The molecule has 1 heteroatoms. The summed E-state index contributed by atoms with van der Waals surface area (Å²) in [6.45, 7) is 17.0. The average Bonchev–Trinajstić information content (AvgIpc) is 2.67. The van der Waals surface area contributed by atoms with Crippen molar-refractivity contribution in [3.8, 4) is 0 Å². The van der Waals surface area contributed by atoms with Gasteiger partial charge in [0.15, 0.2) is 0 Å². The van der Waals surface area contributed by atoms with Gasteiger partial charge in [0.2, 0.25) is 0 Å². The van der Waals surface area contributed by atoms with Crippen molar-refractivity contribution in [3.63, 3.8) is 0 Å². The topological polar surface area (TPSA) is 3.24 Å². The lowest BCUT2D eigenvalue weighted by molar-refractivity contribution is 0.128. The van der Waals surface area contributed by atoms with E-state index in [-0.39, 0.29) is 0 Å². The second-order valence-electron chi connectivity index (χ2n) is 9.22. The van der Waals surface area contributed by atoms with E-state index >= 15 is 0 Å². The molecule has 0 spiro atoms. The maximum Gasteiger partial charge on any atom is 0.00671 e. The van der Waals surface area contributed by atoms with Gasteiger partial charge >= 0.3 is 0 Å². The monoisotopic (exact) mass is 381 g/mol. The highest BCUT2D eigenvalue weighted by Gasteiger charge is 2.21. The van der Waals surface area contributed by atoms with E-state index in [0.29, 0.717) is 0 Å². The van der Waals surface area contributed by atoms with Crippen LogP contribution in [0.25, 0.3) is 0 Å². The zero-order valence-electron chi connectivity index (χ0n) is 20.2. The number of hydrogen-bond acceptors (Lipinski definition) is 1. The van der Waals surface area contributed by atoms with Crippen LogP contribution >= 0.6 is 0 Å². The molecule has 0 bridgehead atoms. The largest absolute Gasteiger partial charge is 0.300 e. The molecule has 0 aliphatic heterocycles. The Kier molecular flexibility index (Phi) is 19.3. The summed E-state index contributed by atoms with van der Waals surface area (Å²) in [6.07, 6.45) is 21.0. The first-order valence-corrected chi connectivity index (χ1v) is 12.9. The van der Waals surface area contributed by atoms with Crippen molar-refractivity contribution in [1.82, 2.24) is 4.90 Å². The van der Waals surface area contributed by atoms with E-state index in [1.54, 1.807) is 0 Å². The first-order chi connectivity index (χ1) is 13.1. The molecule has 27 heavy (non-hydrogen) atoms. The molecule has 0 saturated heterocycles. The quantitative estimate of drug-likeness (QED) is 0.190. The van der Waals surface area contributed by atoms with Gasteiger partial charge in [-0.25, -0.2) is 0 Å². The van der Waals surface area contributed by atoms with Gasteiger partial charge in [-0.1, -0.05) is 105 Å². The molecule has 0 aromatic heterocycles. The zero-order valence-corrected chi connectivity index (χ0v) is 20.2. The Balaban J connectivity index is 4.82. The van der Waals surface area contributed by atoms with Crippen molar-refractivity contribution in [3.05, 3.63) is 0 Å². The highest BCUT2D eigenvalue weighted by atomic mass is 15.2. The van der Waals surface area contributed by atoms with E-state index in [9.17, 15) is 0 Å². The first kappa shape index (κ1) is 27.0. The Morgan fingerprint density at radius 3 is 1.67 bits per heavy atom. The summed E-state index contributed by atoms with van der Waals surface area (Å²) in [6, 6.07) is 0.767. The Labute approximate surface area is 174 Å². The molecular weight excluding hydrogens is 326 g/mol. The van der Waals surface area contributed by atoms with Crippen LogP contribution in [-0.2, 0) is 0 Å². The Morgan fingerprint density at radius 2 is 1.07 bits per heavy atom. The molecule has 0 aromatic rings. The van der Waals surface area contributed by atoms with Gasteiger partial charge in [-0.2, -0.15) is 0 Å². The molecule has 3 atom stereocenters. The van der Waals surface area contributed by atoms with Crippen LogP contribution in [0.3, 0.4) is 0 Å². The van der Waals surface area contributed by atoms with E-state index in [1.807, 2.05) is 0 Å². The molecule has 0 aliphatic rings. The Bertz CT molecular complexity index is 288. The lowest BCUT2D eigenvalue weighted by Crippen LogP contribution is -2.40. The summed E-state index contributed by atoms with van der Waals surface area (Å²) in [7, 11) is 0. The van der Waals surface area contributed by atoms with Gasteiger partial charge in [0.1, 0.15) is 0 Å². The van der Waals surface area contributed by atoms with Crippen LogP contribution in [0.1, 0.15) is 138 Å². The summed E-state index contributed by atoms with van der Waals surface area (Å²) in [5, 5.41) is 0. The number of hydrogen-bond donors (Lipinski definition) is 0. The van der Waals surface area contributed by atoms with Crippen LogP contribution in [0.15, 0.2) is 0 Å². The molecule has 0 aliphatic carbocycles. The van der Waals surface area contributed by atoms with Crippen molar-refractivity contribution in [1.29, 1.82) is 0 Å². The van der Waals surface area contributed by atoms with Crippen molar-refractivity contribution >= 4 is 0 Å². The summed E-state index contributed by atoms with van der Waals surface area (Å²) in [5.74, 6) is 1.82. The molecular formula is C26H55N. The van der Waals surface area contributed by atoms with E-state index in [0.717, 1.165) is 17.9 Å². The van der Waals surface area contributed by atoms with Crippen LogP contribution in [0.5, 0.6) is 0 Å². The maximum absolute atomic E-state index is 2.92. The van der Waals surface area contributed by atoms with Gasteiger partial charge in [-0.3, -0.25) is 0 Å². The summed E-state index contributed by atoms with van der Waals surface area (Å²) in [4.78, 5) is 2.92. The fourth-order valence-electron chi connectivity index (χ4n) is 4.48. The van der Waals surface area contributed by atoms with Crippen LogP contribution in [0.2, 0.25) is 0 Å². The molecule has 0 heterocycles. The number of unbranched alkanes of at least 4 members (excludes halogenated alkanes) is 6. The van der Waals surface area contributed by atoms with Crippen molar-refractivity contribution in [2.75, 3.05) is 13.1 Å². The molecule has 0 N–H and O–H groups in total. The van der Waals surface area contributed by atoms with Crippen molar-refractivity contribution < 1.29 is 0 Å². The fraction of sp³-hybridized carbons (Fsp3) is 1.00. The van der Waals surface area contributed by atoms with E-state index in [2.05, 4.69) is 46.4 Å². The predicted octanol–water partition coefficient (Wildman–Crippen LogP) is 8.86. The highest BCUT2D eigenvalue weighted by molar-refractivity contribution is 4.75. The molecule has 0 aromatic carbocycles. The van der Waals surface area contributed by atoms with Gasteiger partial charge in [0.05, 0.1) is 0 Å². The lowest BCUT2D eigenvalue weighted by Gasteiger charge is -2.35. The summed E-state index contributed by atoms with van der Waals surface area (Å²) in [5.41, 5.74) is 0. The molecule has 0 fully saturated rings. The van der Waals surface area contributed by atoms with Crippen LogP contribution in [-0.4, -0.2) is 24.0 Å². The van der Waals surface area contributed by atoms with Crippen LogP contribution in [0.4, 0.5) is 0 Å². The second-order valence-corrected chi connectivity index (χ2v) is 9.22. The van der Waals surface area contributed by atoms with E-state index < -0.39 is 0 Å². The SMILES string of the molecule is CCCCCCC(C)N(CC(CC)CCCC)CC(CCC)CCCCC. The minimum absolute atomic E-state index is 0.767. The lowest BCUT2D eigenvalue weighted by atomic mass is 9.92. The van der Waals surface area contributed by atoms with Gasteiger partial charge in [-0.15, -0.1) is 0 Å². The molecule has 0 saturated carbocycles. The minimum atomic E-state index is 0.767. The molecule has 0 radical (unpaired) electrons. The Hall–Kier alpha value is -0.0400. The molecule has 0 rings (SSSR count). The van der Waals surface area contributed by atoms with Crippen molar-refractivity contribution in [2.45, 2.75) is 144 Å². The van der Waals surface area contributed by atoms with Crippen LogP contribution < -0.4 is 0 Å². The van der Waals surface area contributed by atoms with Gasteiger partial charge in [-0.05, 0) is 44.4 Å². The third kappa shape index (κ3) is 14.6. The third-order valence-corrected chi connectivity index (χ3v) is 6.54. The summed E-state index contributed by atoms with van der Waals surface area (Å²) < 4.78 is 0. The highest BCUT2D eigenvalue weighted by Crippen LogP contribution is 2.23. The third-order valence-electron chi connectivity index (χ3n) is 6.54. The molecule has 0 amide bonds. The second kappa shape index (κ2) is 19.3. The summed E-state index contributed by atoms with van der Waals surface area (Å²) >= 11 is 0. The fourth-order valence-corrected chi connectivity index (χ4v) is 4.48. The average molecular weight is 382 g/mol. The van der Waals surface area contributed by atoms with Crippen LogP contribution in [0, 0.1) is 11.8 Å². The predicted molar refractivity (Wildman–Crippen MR) is 126 cm³/mol. The maximum atomic E-state index is 2.92. The molecule has 3 unspecified atom stereocenters. The number of rotatable bonds is 20. The molecule has 1 nitrogen and oxygen atoms in total. The van der Waals surface area contributed by atoms with E-state index in [1.165, 1.54) is 109 Å². The van der Waals surface area contributed by atoms with E-state index in [4.69, 9.17) is 0 Å². The van der Waals surface area contributed by atoms with Gasteiger partial charge in [0.25, 0.3) is 0 Å². The smallest absolute Gasteiger partial charge is 0.00671 e. The van der Waals surface area contributed by atoms with Gasteiger partial charge in [0, 0.05) is 19.1 Å².